The average molecular weight is 486 g/mol. The molecule has 1 heterocycles. The van der Waals surface area contributed by atoms with Crippen LogP contribution in [-0.4, -0.2) is 52.4 Å². The molecular formula is C23H23N3O7S. The summed E-state index contributed by atoms with van der Waals surface area (Å²) in [6.07, 6.45) is 3.97. The molecule has 2 N–H and O–H groups in total. The molecule has 1 aliphatic heterocycles. The van der Waals surface area contributed by atoms with E-state index in [9.17, 15) is 22.8 Å². The molecule has 10 nitrogen and oxygen atoms in total. The highest BCUT2D eigenvalue weighted by atomic mass is 32.2. The number of rotatable bonds is 8. The molecule has 0 spiro atoms. The van der Waals surface area contributed by atoms with Crippen LogP contribution in [0.5, 0.6) is 0 Å². The predicted octanol–water partition coefficient (Wildman–Crippen LogP) is 2.14. The van der Waals surface area contributed by atoms with Gasteiger partial charge in [0.25, 0.3) is 15.9 Å². The summed E-state index contributed by atoms with van der Waals surface area (Å²) < 4.78 is 36.9. The molecule has 2 aromatic carbocycles. The molecule has 34 heavy (non-hydrogen) atoms. The van der Waals surface area contributed by atoms with E-state index in [0.717, 1.165) is 12.5 Å². The second-order valence-electron chi connectivity index (χ2n) is 7.17. The first-order chi connectivity index (χ1) is 16.3. The summed E-state index contributed by atoms with van der Waals surface area (Å²) in [5.41, 5.74) is 1.25. The first kappa shape index (κ1) is 24.6. The summed E-state index contributed by atoms with van der Waals surface area (Å²) in [4.78, 5) is 39.5. The van der Waals surface area contributed by atoms with Crippen molar-refractivity contribution in [2.24, 2.45) is 4.99 Å². The van der Waals surface area contributed by atoms with E-state index in [0.29, 0.717) is 29.9 Å². The number of methoxy groups -OCH3 is 1. The molecule has 0 fully saturated rings. The zero-order valence-corrected chi connectivity index (χ0v) is 19.1. The molecule has 0 saturated carbocycles. The minimum absolute atomic E-state index is 0.0296. The molecule has 2 aromatic rings. The quantitative estimate of drug-likeness (QED) is 0.431. The first-order valence-electron chi connectivity index (χ1n) is 10.3. The fourth-order valence-corrected chi connectivity index (χ4v) is 4.11. The SMILES string of the molecule is COC(=O)c1ccc(C=CC(=O)OCC(=O)Nc2cccc(S(=O)(=O)NC3=NCCC3)c2)cc1. The van der Waals surface area contributed by atoms with Gasteiger partial charge in [-0.05, 0) is 48.4 Å². The summed E-state index contributed by atoms with van der Waals surface area (Å²) in [5.74, 6) is -1.44. The van der Waals surface area contributed by atoms with E-state index in [-0.39, 0.29) is 10.6 Å². The van der Waals surface area contributed by atoms with Gasteiger partial charge in [-0.1, -0.05) is 18.2 Å². The second kappa shape index (κ2) is 11.2. The Morgan fingerprint density at radius 2 is 1.88 bits per heavy atom. The van der Waals surface area contributed by atoms with Gasteiger partial charge in [0, 0.05) is 24.7 Å². The Hall–Kier alpha value is -3.99. The number of anilines is 1. The van der Waals surface area contributed by atoms with Gasteiger partial charge in [0.15, 0.2) is 6.61 Å². The molecular weight excluding hydrogens is 462 g/mol. The molecule has 178 valence electrons. The summed E-state index contributed by atoms with van der Waals surface area (Å²) in [5, 5.41) is 2.49. The van der Waals surface area contributed by atoms with Crippen molar-refractivity contribution in [3.05, 3.63) is 65.7 Å². The first-order valence-corrected chi connectivity index (χ1v) is 11.7. The van der Waals surface area contributed by atoms with Crippen molar-refractivity contribution in [2.45, 2.75) is 17.7 Å². The third-order valence-corrected chi connectivity index (χ3v) is 6.02. The molecule has 1 aliphatic rings. The molecule has 11 heteroatoms. The van der Waals surface area contributed by atoms with Gasteiger partial charge in [0.05, 0.1) is 17.6 Å². The number of carbonyl (C=O) groups is 3. The van der Waals surface area contributed by atoms with Crippen molar-refractivity contribution >= 4 is 45.5 Å². The van der Waals surface area contributed by atoms with Crippen molar-refractivity contribution in [2.75, 3.05) is 25.6 Å². The second-order valence-corrected chi connectivity index (χ2v) is 8.85. The average Bonchev–Trinajstić information content (AvgIpc) is 3.33. The number of benzene rings is 2. The Bertz CT molecular complexity index is 1240. The van der Waals surface area contributed by atoms with Crippen LogP contribution in [0.3, 0.4) is 0 Å². The summed E-state index contributed by atoms with van der Waals surface area (Å²) in [6.45, 7) is 0.0278. The number of hydrogen-bond acceptors (Lipinski definition) is 8. The maximum absolute atomic E-state index is 12.5. The highest BCUT2D eigenvalue weighted by Gasteiger charge is 2.19. The third kappa shape index (κ3) is 7.01. The van der Waals surface area contributed by atoms with Gasteiger partial charge < -0.3 is 14.8 Å². The Labute approximate surface area is 196 Å². The van der Waals surface area contributed by atoms with Gasteiger partial charge in [0.1, 0.15) is 5.84 Å². The van der Waals surface area contributed by atoms with E-state index in [2.05, 4.69) is 19.8 Å². The van der Waals surface area contributed by atoms with Crippen molar-refractivity contribution in [1.82, 2.24) is 4.72 Å². The molecule has 0 unspecified atom stereocenters. The molecule has 0 atom stereocenters. The van der Waals surface area contributed by atoms with Crippen LogP contribution in [0.4, 0.5) is 5.69 Å². The van der Waals surface area contributed by atoms with Crippen LogP contribution in [0.25, 0.3) is 6.08 Å². The monoisotopic (exact) mass is 485 g/mol. The number of esters is 2. The summed E-state index contributed by atoms with van der Waals surface area (Å²) in [7, 11) is -2.54. The number of hydrogen-bond donors (Lipinski definition) is 2. The Morgan fingerprint density at radius 1 is 1.12 bits per heavy atom. The van der Waals surface area contributed by atoms with Crippen LogP contribution in [-0.2, 0) is 29.1 Å². The number of amides is 1. The lowest BCUT2D eigenvalue weighted by molar-refractivity contribution is -0.142. The number of carbonyl (C=O) groups excluding carboxylic acids is 3. The lowest BCUT2D eigenvalue weighted by Gasteiger charge is -2.10. The van der Waals surface area contributed by atoms with E-state index in [4.69, 9.17) is 4.74 Å². The largest absolute Gasteiger partial charge is 0.465 e. The number of ether oxygens (including phenoxy) is 2. The standard InChI is InChI=1S/C23H23N3O7S/c1-32-23(29)17-10-7-16(8-11-17)9-12-22(28)33-15-21(27)25-18-4-2-5-19(14-18)34(30,31)26-20-6-3-13-24-20/h2,4-5,7-12,14H,3,6,13,15H2,1H3,(H,24,26)(H,25,27). The van der Waals surface area contributed by atoms with Crippen LogP contribution in [0.1, 0.15) is 28.8 Å². The third-order valence-electron chi connectivity index (χ3n) is 4.64. The molecule has 3 rings (SSSR count). The van der Waals surface area contributed by atoms with Crippen LogP contribution in [0.15, 0.2) is 64.5 Å². The molecule has 0 radical (unpaired) electrons. The van der Waals surface area contributed by atoms with Gasteiger partial charge in [-0.25, -0.2) is 18.0 Å². The fourth-order valence-electron chi connectivity index (χ4n) is 2.97. The minimum Gasteiger partial charge on any atom is -0.465 e. The smallest absolute Gasteiger partial charge is 0.337 e. The van der Waals surface area contributed by atoms with E-state index >= 15 is 0 Å². The minimum atomic E-state index is -3.82. The number of nitrogens with zero attached hydrogens (tertiary/aromatic N) is 1. The predicted molar refractivity (Wildman–Crippen MR) is 125 cm³/mol. The van der Waals surface area contributed by atoms with Crippen molar-refractivity contribution in [3.8, 4) is 0 Å². The lowest BCUT2D eigenvalue weighted by atomic mass is 10.1. The van der Waals surface area contributed by atoms with Crippen LogP contribution < -0.4 is 10.0 Å². The number of nitrogens with one attached hydrogen (secondary N) is 2. The molecule has 0 aliphatic carbocycles. The zero-order valence-electron chi connectivity index (χ0n) is 18.3. The number of amidine groups is 1. The molecule has 0 bridgehead atoms. The normalized spacial score (nSPS) is 13.3. The maximum Gasteiger partial charge on any atom is 0.337 e. The van der Waals surface area contributed by atoms with E-state index in [1.165, 1.54) is 37.5 Å². The number of sulfonamides is 1. The Kier molecular flexibility index (Phi) is 8.14. The van der Waals surface area contributed by atoms with Crippen LogP contribution >= 0.6 is 0 Å². The zero-order chi connectivity index (χ0) is 24.6. The van der Waals surface area contributed by atoms with E-state index < -0.39 is 34.5 Å². The summed E-state index contributed by atoms with van der Waals surface area (Å²) >= 11 is 0. The highest BCUT2D eigenvalue weighted by Crippen LogP contribution is 2.16. The topological polar surface area (TPSA) is 140 Å². The Balaban J connectivity index is 1.51. The van der Waals surface area contributed by atoms with Gasteiger partial charge in [-0.15, -0.1) is 0 Å². The van der Waals surface area contributed by atoms with Crippen LogP contribution in [0.2, 0.25) is 0 Å². The molecule has 0 aromatic heterocycles. The van der Waals surface area contributed by atoms with Crippen molar-refractivity contribution in [3.63, 3.8) is 0 Å². The fraction of sp³-hybridized carbons (Fsp3) is 0.217. The highest BCUT2D eigenvalue weighted by molar-refractivity contribution is 7.90. The summed E-state index contributed by atoms with van der Waals surface area (Å²) in [6, 6.07) is 12.1. The van der Waals surface area contributed by atoms with Crippen molar-refractivity contribution in [1.29, 1.82) is 0 Å². The van der Waals surface area contributed by atoms with Gasteiger partial charge in [0.2, 0.25) is 0 Å². The van der Waals surface area contributed by atoms with Gasteiger partial charge in [-0.3, -0.25) is 14.5 Å². The number of aliphatic imine (C=N–C) groups is 1. The van der Waals surface area contributed by atoms with Gasteiger partial charge >= 0.3 is 11.9 Å². The van der Waals surface area contributed by atoms with Crippen LogP contribution in [0, 0.1) is 0 Å². The lowest BCUT2D eigenvalue weighted by Crippen LogP contribution is -2.29. The molecule has 1 amide bonds. The van der Waals surface area contributed by atoms with Gasteiger partial charge in [-0.2, -0.15) is 0 Å². The van der Waals surface area contributed by atoms with E-state index in [1.807, 2.05) is 0 Å². The van der Waals surface area contributed by atoms with Crippen molar-refractivity contribution < 1.29 is 32.3 Å². The Morgan fingerprint density at radius 3 is 2.56 bits per heavy atom. The molecule has 0 saturated heterocycles. The van der Waals surface area contributed by atoms with E-state index in [1.54, 1.807) is 24.3 Å². The maximum atomic E-state index is 12.5.